The number of aliphatic hydroxyl groups is 2. The number of hydrogen-bond acceptors (Lipinski definition) is 4. The number of carboxylic acids is 2. The van der Waals surface area contributed by atoms with Crippen LogP contribution in [0.1, 0.15) is 0 Å². The Labute approximate surface area is 106 Å². The number of rotatable bonds is 2. The van der Waals surface area contributed by atoms with Gasteiger partial charge in [-0.15, -0.1) is 0 Å². The fraction of sp³-hybridized carbons (Fsp3) is 0.333. The average molecular weight is 182 g/mol. The van der Waals surface area contributed by atoms with E-state index in [1.165, 1.54) is 0 Å². The summed E-state index contributed by atoms with van der Waals surface area (Å²) in [5.74, 6) is -8.09. The summed E-state index contributed by atoms with van der Waals surface area (Å²) in [6.07, 6.45) is 0. The molecule has 0 aromatic heterocycles. The molecular weight excluding hydrogens is 178 g/mol. The van der Waals surface area contributed by atoms with Gasteiger partial charge in [0.15, 0.2) is 0 Å². The summed E-state index contributed by atoms with van der Waals surface area (Å²) >= 11 is 0. The van der Waals surface area contributed by atoms with E-state index in [9.17, 15) is 9.59 Å². The molecule has 6 nitrogen and oxygen atoms in total. The van der Waals surface area contributed by atoms with E-state index in [0.717, 1.165) is 0 Å². The van der Waals surface area contributed by atoms with Gasteiger partial charge in [-0.2, -0.15) is 0 Å². The molecule has 0 rings (SSSR count). The van der Waals surface area contributed by atoms with Gasteiger partial charge in [0.2, 0.25) is 0 Å². The van der Waals surface area contributed by atoms with Crippen molar-refractivity contribution in [1.29, 1.82) is 0 Å². The molecule has 0 aliphatic carbocycles. The fourth-order valence-electron chi connectivity index (χ4n) is 0.0915. The molecule has 0 unspecified atom stereocenters. The molecule has 4 N–H and O–H groups in total. The van der Waals surface area contributed by atoms with Crippen molar-refractivity contribution in [2.75, 3.05) is 0 Å². The molecule has 0 aromatic rings. The van der Waals surface area contributed by atoms with Gasteiger partial charge in [0.05, 0.1) is 0 Å². The molecule has 0 fully saturated rings. The third-order valence-corrected chi connectivity index (χ3v) is 0.596. The predicted molar refractivity (Wildman–Crippen MR) is 33.9 cm³/mol. The molecule has 0 aliphatic rings. The Hall–Kier alpha value is 0.860. The minimum atomic E-state index is -3.67. The van der Waals surface area contributed by atoms with Crippen molar-refractivity contribution in [3.05, 3.63) is 0 Å². The minimum Gasteiger partial charge on any atom is -0.477 e. The molecule has 8 heteroatoms. The van der Waals surface area contributed by atoms with Crippen LogP contribution < -0.4 is 0 Å². The fourth-order valence-corrected chi connectivity index (χ4v) is 0.0915. The third-order valence-electron chi connectivity index (χ3n) is 0.596. The molecule has 0 heterocycles. The summed E-state index contributed by atoms with van der Waals surface area (Å²) in [6, 6.07) is 0. The van der Waals surface area contributed by atoms with Gasteiger partial charge in [-0.25, -0.2) is 9.59 Å². The first kappa shape index (κ1) is 17.8. The van der Waals surface area contributed by atoms with E-state index in [-0.39, 0.29) is 59.1 Å². The molecule has 0 bridgehead atoms. The first-order valence-corrected chi connectivity index (χ1v) is 1.80. The van der Waals surface area contributed by atoms with Crippen LogP contribution in [0.5, 0.6) is 0 Å². The maximum Gasteiger partial charge on any atom is 0.376 e. The Morgan fingerprint density at radius 2 is 1.09 bits per heavy atom. The molecule has 54 valence electrons. The number of aliphatic carboxylic acids is 2. The van der Waals surface area contributed by atoms with Gasteiger partial charge in [-0.1, -0.05) is 0 Å². The second-order valence-corrected chi connectivity index (χ2v) is 1.28. The maximum atomic E-state index is 9.58. The van der Waals surface area contributed by atoms with E-state index in [2.05, 4.69) is 0 Å². The predicted octanol–water partition coefficient (Wildman–Crippen LogP) is -2.93. The molecule has 0 saturated carbocycles. The number of hydrogen-bond donors (Lipinski definition) is 4. The van der Waals surface area contributed by atoms with Crippen molar-refractivity contribution in [1.82, 2.24) is 0 Å². The summed E-state index contributed by atoms with van der Waals surface area (Å²) in [6.45, 7) is 0. The van der Waals surface area contributed by atoms with Crippen molar-refractivity contribution in [3.63, 3.8) is 0 Å². The van der Waals surface area contributed by atoms with Crippen LogP contribution in [0, 0.1) is 0 Å². The van der Waals surface area contributed by atoms with Crippen LogP contribution >= 0.6 is 0 Å². The molecular formula is C3H4Na2O6. The molecule has 0 amide bonds. The zero-order chi connectivity index (χ0) is 7.65. The van der Waals surface area contributed by atoms with Crippen LogP contribution in [0.4, 0.5) is 0 Å². The first-order valence-electron chi connectivity index (χ1n) is 1.80. The first-order chi connectivity index (χ1) is 3.89. The van der Waals surface area contributed by atoms with Crippen molar-refractivity contribution in [2.45, 2.75) is 5.79 Å². The molecule has 11 heavy (non-hydrogen) atoms. The Kier molecular flexibility index (Phi) is 10.3. The van der Waals surface area contributed by atoms with Crippen LogP contribution in [0.3, 0.4) is 0 Å². The van der Waals surface area contributed by atoms with E-state index >= 15 is 0 Å². The van der Waals surface area contributed by atoms with Crippen LogP contribution in [0.15, 0.2) is 0 Å². The second-order valence-electron chi connectivity index (χ2n) is 1.28. The summed E-state index contributed by atoms with van der Waals surface area (Å²) in [7, 11) is 0. The van der Waals surface area contributed by atoms with Crippen molar-refractivity contribution < 1.29 is 30.0 Å². The Balaban J connectivity index is -0.000000320. The molecule has 0 saturated heterocycles. The summed E-state index contributed by atoms with van der Waals surface area (Å²) < 4.78 is 0. The topological polar surface area (TPSA) is 115 Å². The largest absolute Gasteiger partial charge is 0.477 e. The van der Waals surface area contributed by atoms with Crippen molar-refractivity contribution in [3.8, 4) is 0 Å². The minimum absolute atomic E-state index is 0. The van der Waals surface area contributed by atoms with E-state index < -0.39 is 17.7 Å². The Morgan fingerprint density at radius 3 is 1.09 bits per heavy atom. The summed E-state index contributed by atoms with van der Waals surface area (Å²) in [5.41, 5.74) is 0. The standard InChI is InChI=1S/C3H4O6.2Na/c4-1(5)3(8,9)2(6)7;;/h8-9H,(H,4,5)(H,6,7);;. The third kappa shape index (κ3) is 5.15. The smallest absolute Gasteiger partial charge is 0.376 e. The number of carbonyl (C=O) groups is 2. The van der Waals surface area contributed by atoms with Gasteiger partial charge < -0.3 is 20.4 Å². The van der Waals surface area contributed by atoms with Gasteiger partial charge in [0, 0.05) is 59.1 Å². The number of carboxylic acid groups (broad SMARTS) is 2. The normalized spacial score (nSPS) is 8.91. The van der Waals surface area contributed by atoms with Crippen LogP contribution in [0.2, 0.25) is 0 Å². The summed E-state index contributed by atoms with van der Waals surface area (Å²) in [5, 5.41) is 31.5. The zero-order valence-electron chi connectivity index (χ0n) is 6.11. The van der Waals surface area contributed by atoms with Crippen LogP contribution in [-0.4, -0.2) is 97.3 Å². The van der Waals surface area contributed by atoms with E-state index in [1.807, 2.05) is 0 Å². The van der Waals surface area contributed by atoms with Crippen LogP contribution in [-0.2, 0) is 9.59 Å². The second kappa shape index (κ2) is 6.38. The molecule has 0 aromatic carbocycles. The SMILES string of the molecule is O=C(O)C(O)(O)C(=O)O.[Na].[Na]. The molecule has 2 radical (unpaired) electrons. The van der Waals surface area contributed by atoms with E-state index in [1.54, 1.807) is 0 Å². The van der Waals surface area contributed by atoms with Crippen molar-refractivity contribution >= 4 is 71.1 Å². The van der Waals surface area contributed by atoms with Crippen LogP contribution in [0.25, 0.3) is 0 Å². The summed E-state index contributed by atoms with van der Waals surface area (Å²) in [4.78, 5) is 19.2. The molecule has 0 atom stereocenters. The monoisotopic (exact) mass is 182 g/mol. The quantitative estimate of drug-likeness (QED) is 0.206. The van der Waals surface area contributed by atoms with E-state index in [0.29, 0.717) is 0 Å². The maximum absolute atomic E-state index is 9.58. The zero-order valence-corrected chi connectivity index (χ0v) is 10.1. The van der Waals surface area contributed by atoms with Gasteiger partial charge in [0.25, 0.3) is 0 Å². The Morgan fingerprint density at radius 1 is 0.909 bits per heavy atom. The molecule has 0 spiro atoms. The van der Waals surface area contributed by atoms with Gasteiger partial charge in [0.1, 0.15) is 0 Å². The molecule has 0 aliphatic heterocycles. The van der Waals surface area contributed by atoms with Gasteiger partial charge in [-0.3, -0.25) is 0 Å². The van der Waals surface area contributed by atoms with Gasteiger partial charge in [-0.05, 0) is 0 Å². The Bertz CT molecular complexity index is 138. The van der Waals surface area contributed by atoms with Gasteiger partial charge >= 0.3 is 17.7 Å². The average Bonchev–Trinajstić information content (AvgIpc) is 1.65. The van der Waals surface area contributed by atoms with E-state index in [4.69, 9.17) is 20.4 Å². The van der Waals surface area contributed by atoms with Crippen molar-refractivity contribution in [2.24, 2.45) is 0 Å².